The lowest BCUT2D eigenvalue weighted by molar-refractivity contribution is -0.129. The van der Waals surface area contributed by atoms with Crippen molar-refractivity contribution in [2.75, 3.05) is 0 Å². The van der Waals surface area contributed by atoms with Gasteiger partial charge in [0.05, 0.1) is 5.54 Å². The molecule has 4 heteroatoms. The fourth-order valence-corrected chi connectivity index (χ4v) is 2.66. The summed E-state index contributed by atoms with van der Waals surface area (Å²) in [6.45, 7) is 0.940. The number of benzene rings is 2. The third kappa shape index (κ3) is 3.71. The number of amides is 1. The lowest BCUT2D eigenvalue weighted by Gasteiger charge is -2.36. The molecule has 23 heavy (non-hydrogen) atoms. The Morgan fingerprint density at radius 2 is 1.78 bits per heavy atom. The molecule has 0 radical (unpaired) electrons. The minimum absolute atomic E-state index is 0.0680. The van der Waals surface area contributed by atoms with Gasteiger partial charge in [-0.25, -0.2) is 0 Å². The maximum Gasteiger partial charge on any atom is 0.240 e. The van der Waals surface area contributed by atoms with Gasteiger partial charge in [-0.3, -0.25) is 4.79 Å². The van der Waals surface area contributed by atoms with Crippen molar-refractivity contribution in [3.05, 3.63) is 65.7 Å². The van der Waals surface area contributed by atoms with Crippen molar-refractivity contribution in [3.63, 3.8) is 0 Å². The van der Waals surface area contributed by atoms with Crippen LogP contribution >= 0.6 is 0 Å². The zero-order chi connectivity index (χ0) is 16.1. The van der Waals surface area contributed by atoms with Gasteiger partial charge in [0.2, 0.25) is 5.91 Å². The molecule has 1 aliphatic carbocycles. The van der Waals surface area contributed by atoms with Gasteiger partial charge >= 0.3 is 0 Å². The summed E-state index contributed by atoms with van der Waals surface area (Å²) < 4.78 is 5.90. The van der Waals surface area contributed by atoms with Crippen molar-refractivity contribution in [2.45, 2.75) is 38.0 Å². The molecule has 0 spiro atoms. The van der Waals surface area contributed by atoms with E-state index < -0.39 is 5.54 Å². The average Bonchev–Trinajstić information content (AvgIpc) is 2.57. The molecule has 0 saturated heterocycles. The Bertz CT molecular complexity index is 666. The van der Waals surface area contributed by atoms with Crippen molar-refractivity contribution in [1.82, 2.24) is 5.32 Å². The summed E-state index contributed by atoms with van der Waals surface area (Å²) in [5, 5.41) is 2.94. The number of carbonyl (C=O) groups excluding carboxylic acids is 1. The Morgan fingerprint density at radius 1 is 1.09 bits per heavy atom. The molecule has 120 valence electrons. The number of nitrogens with one attached hydrogen (secondary N) is 1. The van der Waals surface area contributed by atoms with Gasteiger partial charge in [-0.1, -0.05) is 48.5 Å². The van der Waals surface area contributed by atoms with Gasteiger partial charge in [-0.15, -0.1) is 0 Å². The molecule has 0 aliphatic heterocycles. The highest BCUT2D eigenvalue weighted by molar-refractivity contribution is 5.87. The molecule has 0 atom stereocenters. The van der Waals surface area contributed by atoms with E-state index in [4.69, 9.17) is 10.5 Å². The highest BCUT2D eigenvalue weighted by Crippen LogP contribution is 2.29. The second-order valence-electron chi connectivity index (χ2n) is 6.07. The first-order valence-electron chi connectivity index (χ1n) is 7.99. The summed E-state index contributed by atoms with van der Waals surface area (Å²) in [5.41, 5.74) is 7.44. The molecule has 3 rings (SSSR count). The first-order chi connectivity index (χ1) is 11.2. The molecular weight excluding hydrogens is 288 g/mol. The molecule has 0 aromatic heterocycles. The van der Waals surface area contributed by atoms with Crippen LogP contribution in [-0.2, 0) is 17.9 Å². The summed E-state index contributed by atoms with van der Waals surface area (Å²) in [4.78, 5) is 12.1. The standard InChI is InChI=1S/C19H22N2O2/c20-19(11-6-12-19)18(22)21-13-16-9-4-5-10-17(16)23-14-15-7-2-1-3-8-15/h1-5,7-10H,6,11-14,20H2,(H,21,22). The van der Waals surface area contributed by atoms with E-state index in [0.29, 0.717) is 13.2 Å². The van der Waals surface area contributed by atoms with E-state index in [0.717, 1.165) is 36.1 Å². The molecule has 0 unspecified atom stereocenters. The van der Waals surface area contributed by atoms with Crippen molar-refractivity contribution >= 4 is 5.91 Å². The second kappa shape index (κ2) is 6.84. The van der Waals surface area contributed by atoms with Crippen LogP contribution in [0.15, 0.2) is 54.6 Å². The topological polar surface area (TPSA) is 64.4 Å². The van der Waals surface area contributed by atoms with E-state index in [-0.39, 0.29) is 5.91 Å². The van der Waals surface area contributed by atoms with Crippen molar-refractivity contribution in [3.8, 4) is 5.75 Å². The molecule has 1 amide bonds. The number of hydrogen-bond donors (Lipinski definition) is 2. The number of para-hydroxylation sites is 1. The molecule has 1 fully saturated rings. The van der Waals surface area contributed by atoms with Crippen molar-refractivity contribution < 1.29 is 9.53 Å². The van der Waals surface area contributed by atoms with Crippen LogP contribution in [-0.4, -0.2) is 11.4 Å². The third-order valence-electron chi connectivity index (χ3n) is 4.35. The molecule has 2 aromatic rings. The molecule has 0 heterocycles. The SMILES string of the molecule is NC1(C(=O)NCc2ccccc2OCc2ccccc2)CCC1. The number of carbonyl (C=O) groups is 1. The Labute approximate surface area is 136 Å². The normalized spacial score (nSPS) is 15.5. The van der Waals surface area contributed by atoms with Gasteiger partial charge in [0, 0.05) is 12.1 Å². The van der Waals surface area contributed by atoms with Gasteiger partial charge < -0.3 is 15.8 Å². The summed E-state index contributed by atoms with van der Waals surface area (Å²) in [5.74, 6) is 0.720. The Balaban J connectivity index is 1.60. The number of nitrogens with two attached hydrogens (primary N) is 1. The van der Waals surface area contributed by atoms with Gasteiger partial charge in [0.1, 0.15) is 12.4 Å². The van der Waals surface area contributed by atoms with Crippen LogP contribution in [0.4, 0.5) is 0 Å². The summed E-state index contributed by atoms with van der Waals surface area (Å²) in [7, 11) is 0. The molecule has 3 N–H and O–H groups in total. The summed E-state index contributed by atoms with van der Waals surface area (Å²) in [6.07, 6.45) is 2.57. The first-order valence-corrected chi connectivity index (χ1v) is 7.99. The second-order valence-corrected chi connectivity index (χ2v) is 6.07. The molecule has 4 nitrogen and oxygen atoms in total. The summed E-state index contributed by atoms with van der Waals surface area (Å²) in [6, 6.07) is 17.8. The lowest BCUT2D eigenvalue weighted by atomic mass is 9.77. The van der Waals surface area contributed by atoms with E-state index in [1.54, 1.807) is 0 Å². The van der Waals surface area contributed by atoms with Crippen LogP contribution in [0, 0.1) is 0 Å². The Hall–Kier alpha value is -2.33. The van der Waals surface area contributed by atoms with Crippen molar-refractivity contribution in [2.24, 2.45) is 5.73 Å². The molecular formula is C19H22N2O2. The zero-order valence-corrected chi connectivity index (χ0v) is 13.1. The fraction of sp³-hybridized carbons (Fsp3) is 0.316. The van der Waals surface area contributed by atoms with E-state index in [1.165, 1.54) is 0 Å². The predicted octanol–water partition coefficient (Wildman–Crippen LogP) is 2.76. The highest BCUT2D eigenvalue weighted by atomic mass is 16.5. The fourth-order valence-electron chi connectivity index (χ4n) is 2.66. The van der Waals surface area contributed by atoms with Crippen LogP contribution < -0.4 is 15.8 Å². The Kier molecular flexibility index (Phi) is 4.63. The van der Waals surface area contributed by atoms with Crippen LogP contribution in [0.1, 0.15) is 30.4 Å². The predicted molar refractivity (Wildman–Crippen MR) is 89.8 cm³/mol. The number of rotatable bonds is 6. The van der Waals surface area contributed by atoms with Gasteiger partial charge in [-0.2, -0.15) is 0 Å². The molecule has 0 bridgehead atoms. The summed E-state index contributed by atoms with van der Waals surface area (Å²) >= 11 is 0. The van der Waals surface area contributed by atoms with E-state index >= 15 is 0 Å². The van der Waals surface area contributed by atoms with Crippen LogP contribution in [0.25, 0.3) is 0 Å². The monoisotopic (exact) mass is 310 g/mol. The van der Waals surface area contributed by atoms with E-state index in [2.05, 4.69) is 5.32 Å². The smallest absolute Gasteiger partial charge is 0.240 e. The molecule has 1 saturated carbocycles. The molecule has 1 aliphatic rings. The van der Waals surface area contributed by atoms with Gasteiger partial charge in [0.25, 0.3) is 0 Å². The van der Waals surface area contributed by atoms with Crippen LogP contribution in [0.2, 0.25) is 0 Å². The first kappa shape index (κ1) is 15.6. The van der Waals surface area contributed by atoms with Crippen LogP contribution in [0.5, 0.6) is 5.75 Å². The van der Waals surface area contributed by atoms with Crippen LogP contribution in [0.3, 0.4) is 0 Å². The minimum Gasteiger partial charge on any atom is -0.489 e. The average molecular weight is 310 g/mol. The largest absolute Gasteiger partial charge is 0.489 e. The molecule has 2 aromatic carbocycles. The number of hydrogen-bond acceptors (Lipinski definition) is 3. The van der Waals surface area contributed by atoms with Gasteiger partial charge in [-0.05, 0) is 30.9 Å². The zero-order valence-electron chi connectivity index (χ0n) is 13.1. The van der Waals surface area contributed by atoms with E-state index in [1.807, 2.05) is 54.6 Å². The minimum atomic E-state index is -0.667. The maximum atomic E-state index is 12.1. The van der Waals surface area contributed by atoms with Crippen molar-refractivity contribution in [1.29, 1.82) is 0 Å². The third-order valence-corrected chi connectivity index (χ3v) is 4.35. The van der Waals surface area contributed by atoms with E-state index in [9.17, 15) is 4.79 Å². The highest BCUT2D eigenvalue weighted by Gasteiger charge is 2.39. The maximum absolute atomic E-state index is 12.1. The quantitative estimate of drug-likeness (QED) is 0.862. The van der Waals surface area contributed by atoms with Gasteiger partial charge in [0.15, 0.2) is 0 Å². The number of ether oxygens (including phenoxy) is 1. The lowest BCUT2D eigenvalue weighted by Crippen LogP contribution is -2.58. The Morgan fingerprint density at radius 3 is 2.48 bits per heavy atom.